The molecule has 8 aromatic heterocycles. The Balaban J connectivity index is 0.000000162. The van der Waals surface area contributed by atoms with Crippen LogP contribution in [-0.4, -0.2) is 112 Å². The van der Waals surface area contributed by atoms with Crippen molar-refractivity contribution in [3.05, 3.63) is 488 Å². The summed E-state index contributed by atoms with van der Waals surface area (Å²) in [5.74, 6) is 4.04. The number of anilines is 1. The minimum absolute atomic E-state index is 0. The number of nitrogens with zero attached hydrogens (tertiary/aromatic N) is 24. The highest BCUT2D eigenvalue weighted by molar-refractivity contribution is 9.10. The molecule has 0 amide bonds. The molecule has 0 radical (unpaired) electrons. The SMILES string of the molecule is C.C.C.C.CC(COc1ccccc1)N(Cc1ccc2ccccc2n1)Cc1nncn1Cc1ccc(C#N)cc1.CC(Cc1ccccc1F)N(Cc1ccc2ccccc2n1)Cc1nncn1Cc1ccc(C#N)cc1.N#Cc1ccc(Cn2cnnc2CN(Cc2ccc3ccccc3n2)c2ccc(Br)cc2)cc1.N#Cc1ccc(Cn2cnnc2CN(Cc2cccc(Cl)c2)Cc2ccc3ccccc3n2)cc1. The van der Waals surface area contributed by atoms with Crippen LogP contribution in [0.25, 0.3) is 43.6 Å². The van der Waals surface area contributed by atoms with Crippen molar-refractivity contribution in [2.45, 2.75) is 147 Å². The van der Waals surface area contributed by atoms with Gasteiger partial charge in [0.05, 0.1) is 150 Å². The van der Waals surface area contributed by atoms with E-state index in [0.29, 0.717) is 126 Å². The summed E-state index contributed by atoms with van der Waals surface area (Å²) in [6, 6.07) is 121. The first kappa shape index (κ1) is 107. The van der Waals surface area contributed by atoms with Crippen LogP contribution in [-0.2, 0) is 91.5 Å². The molecular weight excluding hydrogens is 1920 g/mol. The minimum atomic E-state index is -0.192. The number of aromatic nitrogens is 16. The minimum Gasteiger partial charge on any atom is -0.492 e. The number of fused-ring (bicyclic) bond motifs is 4. The first-order valence-corrected chi connectivity index (χ1v) is 48.0. The Morgan fingerprint density at radius 3 is 1.09 bits per heavy atom. The van der Waals surface area contributed by atoms with Gasteiger partial charge in [0.1, 0.15) is 61.0 Å². The molecule has 738 valence electrons. The molecule has 2 unspecified atom stereocenters. The fraction of sp³-hybridized carbons (Fsp3) is 0.193. The summed E-state index contributed by atoms with van der Waals surface area (Å²) >= 11 is 9.79. The standard InChI is InChI=1S/C30H27FN6.C30H28N6O.C28H23ClN6.C27H21BrN6.4CH4/c1-22(16-26-7-2-4-8-28(26)31)36(19-27-15-14-25-6-3-5-9-29(25)34-27)20-30-35-33-21-37(30)18-24-12-10-23(17-32)11-13-24;1-23(21-37-28-8-3-2-4-9-28)35(19-27-16-15-26-7-5-6-10-29(26)33-27)20-30-34-32-22-36(30)18-25-13-11-24(17-31)12-14-25;29-25-6-3-4-23(14-25)16-34(18-26-13-12-24-5-1-2-7-27(24)32-26)19-28-33-31-20-35(28)17-22-10-8-21(15-30)9-11-22;28-23-10-13-25(14-11-23)33(17-24-12-9-22-3-1-2-4-26(22)31-24)18-27-32-30-19-34(27)16-21-7-5-20(15-29)6-8-21;;;;/h2-15,21-22H,16,18-20H2,1H3;2-16,22-23H,18-21H2,1H3;1-14,20H,16-19H2;1-14,19H,16-18H2;4*1H4. The molecule has 0 aliphatic rings. The third kappa shape index (κ3) is 30.1. The molecular formula is C119H115BrClFN24O. The summed E-state index contributed by atoms with van der Waals surface area (Å²) in [6.45, 7) is 12.8. The Morgan fingerprint density at radius 1 is 0.340 bits per heavy atom. The summed E-state index contributed by atoms with van der Waals surface area (Å²) in [6.07, 6.45) is 7.54. The fourth-order valence-electron chi connectivity index (χ4n) is 16.7. The number of para-hydroxylation sites is 5. The average molecular weight is 2030 g/mol. The lowest BCUT2D eigenvalue weighted by Gasteiger charge is -2.29. The molecule has 0 saturated carbocycles. The van der Waals surface area contributed by atoms with Crippen LogP contribution >= 0.6 is 27.5 Å². The van der Waals surface area contributed by atoms with Crippen molar-refractivity contribution in [1.82, 2.24) is 93.7 Å². The monoisotopic (exact) mass is 2030 g/mol. The Labute approximate surface area is 871 Å². The lowest BCUT2D eigenvalue weighted by Crippen LogP contribution is -2.37. The highest BCUT2D eigenvalue weighted by Crippen LogP contribution is 2.29. The predicted molar refractivity (Wildman–Crippen MR) is 583 cm³/mol. The van der Waals surface area contributed by atoms with Gasteiger partial charge in [0.25, 0.3) is 0 Å². The van der Waals surface area contributed by atoms with Gasteiger partial charge in [0.2, 0.25) is 0 Å². The number of rotatable bonds is 34. The van der Waals surface area contributed by atoms with Gasteiger partial charge in [-0.05, 0) is 205 Å². The molecule has 0 bridgehead atoms. The first-order valence-electron chi connectivity index (χ1n) is 46.8. The van der Waals surface area contributed by atoms with Gasteiger partial charge in [-0.3, -0.25) is 34.6 Å². The average Bonchev–Trinajstić information content (AvgIpc) is 1.81. The summed E-state index contributed by atoms with van der Waals surface area (Å²) in [5.41, 5.74) is 17.6. The van der Waals surface area contributed by atoms with Crippen molar-refractivity contribution in [2.75, 3.05) is 11.5 Å². The van der Waals surface area contributed by atoms with Crippen molar-refractivity contribution < 1.29 is 9.13 Å². The van der Waals surface area contributed by atoms with Crippen LogP contribution in [0.4, 0.5) is 10.1 Å². The number of hydrogen-bond donors (Lipinski definition) is 0. The van der Waals surface area contributed by atoms with E-state index in [0.717, 1.165) is 138 Å². The van der Waals surface area contributed by atoms with E-state index in [1.54, 1.807) is 31.4 Å². The van der Waals surface area contributed by atoms with E-state index in [-0.39, 0.29) is 47.6 Å². The smallest absolute Gasteiger partial charge is 0.152 e. The largest absolute Gasteiger partial charge is 0.492 e. The maximum Gasteiger partial charge on any atom is 0.152 e. The summed E-state index contributed by atoms with van der Waals surface area (Å²) < 4.78 is 29.7. The Bertz CT molecular complexity index is 7810. The molecule has 147 heavy (non-hydrogen) atoms. The van der Waals surface area contributed by atoms with E-state index in [9.17, 15) is 4.39 Å². The van der Waals surface area contributed by atoms with Crippen molar-refractivity contribution >= 4 is 76.8 Å². The third-order valence-electron chi connectivity index (χ3n) is 24.4. The number of halogens is 3. The second kappa shape index (κ2) is 53.4. The fourth-order valence-corrected chi connectivity index (χ4v) is 17.1. The van der Waals surface area contributed by atoms with Gasteiger partial charge in [-0.15, -0.1) is 40.8 Å². The number of ether oxygens (including phenoxy) is 1. The Hall–Kier alpha value is -17.0. The molecule has 2 atom stereocenters. The van der Waals surface area contributed by atoms with Gasteiger partial charge in [-0.2, -0.15) is 21.0 Å². The summed E-state index contributed by atoms with van der Waals surface area (Å²) in [7, 11) is 0. The van der Waals surface area contributed by atoms with Gasteiger partial charge in [-0.1, -0.05) is 251 Å². The third-order valence-corrected chi connectivity index (χ3v) is 25.2. The Kier molecular flexibility index (Phi) is 38.9. The zero-order chi connectivity index (χ0) is 98.4. The summed E-state index contributed by atoms with van der Waals surface area (Å²) in [4.78, 5) is 28.7. The first-order chi connectivity index (χ1) is 70.1. The van der Waals surface area contributed by atoms with Crippen LogP contribution in [0.3, 0.4) is 0 Å². The second-order valence-electron chi connectivity index (χ2n) is 34.8. The number of hydrogen-bond acceptors (Lipinski definition) is 21. The molecule has 0 aliphatic carbocycles. The second-order valence-corrected chi connectivity index (χ2v) is 36.1. The number of benzene rings is 12. The topological polar surface area (TPSA) is 292 Å². The molecule has 28 heteroatoms. The van der Waals surface area contributed by atoms with Crippen LogP contribution in [0.2, 0.25) is 5.02 Å². The molecule has 0 fully saturated rings. The van der Waals surface area contributed by atoms with Gasteiger partial charge in [-0.25, -0.2) is 4.39 Å². The van der Waals surface area contributed by atoms with Crippen molar-refractivity contribution in [1.29, 1.82) is 21.0 Å². The van der Waals surface area contributed by atoms with Crippen molar-refractivity contribution in [3.63, 3.8) is 0 Å². The van der Waals surface area contributed by atoms with E-state index < -0.39 is 0 Å². The maximum absolute atomic E-state index is 14.5. The van der Waals surface area contributed by atoms with Gasteiger partial charge >= 0.3 is 0 Å². The lowest BCUT2D eigenvalue weighted by atomic mass is 10.0. The molecule has 8 heterocycles. The van der Waals surface area contributed by atoms with E-state index >= 15 is 0 Å². The lowest BCUT2D eigenvalue weighted by molar-refractivity contribution is 0.127. The van der Waals surface area contributed by atoms with Gasteiger partial charge in [0.15, 0.2) is 5.82 Å². The van der Waals surface area contributed by atoms with Crippen molar-refractivity contribution in [2.24, 2.45) is 0 Å². The van der Waals surface area contributed by atoms with E-state index in [2.05, 4.69) is 199 Å². The van der Waals surface area contributed by atoms with E-state index in [1.165, 1.54) is 6.07 Å². The molecule has 0 N–H and O–H groups in total. The van der Waals surface area contributed by atoms with E-state index in [1.807, 2.05) is 267 Å². The van der Waals surface area contributed by atoms with Gasteiger partial charge < -0.3 is 27.9 Å². The maximum atomic E-state index is 14.5. The predicted octanol–water partition coefficient (Wildman–Crippen LogP) is 24.6. The zero-order valence-corrected chi connectivity index (χ0v) is 81.1. The van der Waals surface area contributed by atoms with Crippen LogP contribution < -0.4 is 9.64 Å². The number of pyridine rings is 4. The van der Waals surface area contributed by atoms with Crippen molar-refractivity contribution in [3.8, 4) is 30.0 Å². The van der Waals surface area contributed by atoms with Gasteiger partial charge in [0, 0.05) is 75.0 Å². The molecule has 12 aromatic carbocycles. The normalized spacial score (nSPS) is 11.2. The highest BCUT2D eigenvalue weighted by Gasteiger charge is 2.25. The van der Waals surface area contributed by atoms with Crippen LogP contribution in [0, 0.1) is 51.1 Å². The highest BCUT2D eigenvalue weighted by atomic mass is 79.9. The van der Waals surface area contributed by atoms with Crippen LogP contribution in [0.1, 0.15) is 145 Å². The molecule has 0 spiro atoms. The van der Waals surface area contributed by atoms with Crippen LogP contribution in [0.5, 0.6) is 5.75 Å². The quantitative estimate of drug-likeness (QED) is 0.0362. The van der Waals surface area contributed by atoms with E-state index in [4.69, 9.17) is 57.3 Å². The van der Waals surface area contributed by atoms with Crippen LogP contribution in [0.15, 0.2) is 376 Å². The number of nitriles is 4. The molecule has 20 rings (SSSR count). The molecule has 25 nitrogen and oxygen atoms in total. The summed E-state index contributed by atoms with van der Waals surface area (Å²) in [5, 5.41) is 75.8. The molecule has 20 aromatic rings. The zero-order valence-electron chi connectivity index (χ0n) is 78.8. The molecule has 0 aliphatic heterocycles. The molecule has 0 saturated heterocycles. The Morgan fingerprint density at radius 2 is 0.694 bits per heavy atom.